The summed E-state index contributed by atoms with van der Waals surface area (Å²) in [5, 5.41) is 3.78. The molecule has 2 rings (SSSR count). The number of benzene rings is 1. The van der Waals surface area contributed by atoms with Gasteiger partial charge in [0.2, 0.25) is 0 Å². The van der Waals surface area contributed by atoms with Crippen LogP contribution in [0.3, 0.4) is 0 Å². The van der Waals surface area contributed by atoms with Gasteiger partial charge in [-0.25, -0.2) is 0 Å². The molecule has 2 atom stereocenters. The molecule has 0 radical (unpaired) electrons. The first-order valence-electron chi connectivity index (χ1n) is 6.87. The Hall–Kier alpha value is -1.06. The van der Waals surface area contributed by atoms with E-state index >= 15 is 0 Å². The zero-order chi connectivity index (χ0) is 13.1. The molecule has 0 aliphatic carbocycles. The number of hydrogen-bond donors (Lipinski definition) is 2. The Labute approximate surface area is 110 Å². The average molecular weight is 247 g/mol. The highest BCUT2D eigenvalue weighted by Crippen LogP contribution is 2.27. The van der Waals surface area contributed by atoms with Crippen molar-refractivity contribution < 1.29 is 0 Å². The van der Waals surface area contributed by atoms with Crippen LogP contribution in [-0.2, 0) is 0 Å². The van der Waals surface area contributed by atoms with Gasteiger partial charge in [0.25, 0.3) is 0 Å². The second-order valence-corrected chi connectivity index (χ2v) is 5.77. The summed E-state index contributed by atoms with van der Waals surface area (Å²) in [5.74, 6) is 0.542. The number of hydrogen-bond acceptors (Lipinski definition) is 3. The smallest absolute Gasteiger partial charge is 0.0366 e. The number of nitrogens with one attached hydrogen (secondary N) is 1. The third-order valence-electron chi connectivity index (χ3n) is 3.80. The molecule has 0 spiro atoms. The zero-order valence-electron chi connectivity index (χ0n) is 11.7. The number of likely N-dealkylation sites (N-methyl/N-ethyl adjacent to an activating group) is 1. The van der Waals surface area contributed by atoms with Gasteiger partial charge in [0, 0.05) is 24.3 Å². The minimum absolute atomic E-state index is 0.350. The van der Waals surface area contributed by atoms with Crippen molar-refractivity contribution in [3.63, 3.8) is 0 Å². The van der Waals surface area contributed by atoms with Crippen LogP contribution in [0.5, 0.6) is 0 Å². The Morgan fingerprint density at radius 1 is 1.33 bits per heavy atom. The van der Waals surface area contributed by atoms with Crippen LogP contribution < -0.4 is 11.1 Å². The second-order valence-electron chi connectivity index (χ2n) is 5.77. The minimum Gasteiger partial charge on any atom is -0.398 e. The maximum atomic E-state index is 6.11. The largest absolute Gasteiger partial charge is 0.398 e. The normalized spacial score (nSPS) is 22.6. The Balaban J connectivity index is 2.11. The maximum absolute atomic E-state index is 6.11. The summed E-state index contributed by atoms with van der Waals surface area (Å²) < 4.78 is 0. The fourth-order valence-electron chi connectivity index (χ4n) is 2.76. The topological polar surface area (TPSA) is 41.3 Å². The highest BCUT2D eigenvalue weighted by molar-refractivity contribution is 5.48. The van der Waals surface area contributed by atoms with Gasteiger partial charge in [-0.05, 0) is 37.6 Å². The summed E-state index contributed by atoms with van der Waals surface area (Å²) in [4.78, 5) is 2.38. The molecule has 3 N–H and O–H groups in total. The maximum Gasteiger partial charge on any atom is 0.0366 e. The number of rotatable bonds is 4. The molecule has 0 saturated carbocycles. The van der Waals surface area contributed by atoms with E-state index in [0.717, 1.165) is 12.2 Å². The Morgan fingerprint density at radius 3 is 2.61 bits per heavy atom. The second kappa shape index (κ2) is 5.72. The van der Waals surface area contributed by atoms with Gasteiger partial charge in [-0.15, -0.1) is 0 Å². The number of nitrogens with zero attached hydrogens (tertiary/aromatic N) is 1. The molecular weight excluding hydrogens is 222 g/mol. The molecule has 1 aromatic rings. The molecule has 18 heavy (non-hydrogen) atoms. The number of likely N-dealkylation sites (tertiary alicyclic amines) is 1. The van der Waals surface area contributed by atoms with Crippen molar-refractivity contribution in [3.8, 4) is 0 Å². The van der Waals surface area contributed by atoms with E-state index in [0.29, 0.717) is 18.0 Å². The molecule has 1 aliphatic heterocycles. The predicted molar refractivity (Wildman–Crippen MR) is 77.5 cm³/mol. The molecule has 0 aromatic heterocycles. The monoisotopic (exact) mass is 247 g/mol. The molecule has 0 bridgehead atoms. The van der Waals surface area contributed by atoms with Crippen molar-refractivity contribution in [2.75, 3.05) is 25.9 Å². The lowest BCUT2D eigenvalue weighted by Crippen LogP contribution is -2.37. The molecule has 0 amide bonds. The number of para-hydroxylation sites is 1. The summed E-state index contributed by atoms with van der Waals surface area (Å²) in [6.45, 7) is 6.83. The lowest BCUT2D eigenvalue weighted by molar-refractivity contribution is 0.345. The fourth-order valence-corrected chi connectivity index (χ4v) is 2.76. The van der Waals surface area contributed by atoms with Crippen LogP contribution in [0.25, 0.3) is 0 Å². The van der Waals surface area contributed by atoms with Crippen molar-refractivity contribution in [1.29, 1.82) is 0 Å². The van der Waals surface area contributed by atoms with Crippen LogP contribution in [0.1, 0.15) is 31.9 Å². The first-order chi connectivity index (χ1) is 8.58. The average Bonchev–Trinajstić information content (AvgIpc) is 2.73. The molecule has 2 unspecified atom stereocenters. The van der Waals surface area contributed by atoms with Crippen molar-refractivity contribution in [2.24, 2.45) is 5.92 Å². The van der Waals surface area contributed by atoms with E-state index in [-0.39, 0.29) is 0 Å². The van der Waals surface area contributed by atoms with E-state index in [4.69, 9.17) is 5.73 Å². The summed E-state index contributed by atoms with van der Waals surface area (Å²) in [5.41, 5.74) is 8.25. The van der Waals surface area contributed by atoms with Gasteiger partial charge < -0.3 is 16.0 Å². The van der Waals surface area contributed by atoms with E-state index < -0.39 is 0 Å². The molecule has 1 aromatic carbocycles. The highest BCUT2D eigenvalue weighted by Gasteiger charge is 2.25. The van der Waals surface area contributed by atoms with Gasteiger partial charge in [-0.1, -0.05) is 32.0 Å². The van der Waals surface area contributed by atoms with E-state index in [9.17, 15) is 0 Å². The van der Waals surface area contributed by atoms with Crippen molar-refractivity contribution >= 4 is 5.69 Å². The molecule has 1 fully saturated rings. The van der Waals surface area contributed by atoms with Crippen LogP contribution in [0, 0.1) is 5.92 Å². The summed E-state index contributed by atoms with van der Waals surface area (Å²) in [6, 6.07) is 9.15. The summed E-state index contributed by atoms with van der Waals surface area (Å²) >= 11 is 0. The number of nitrogens with two attached hydrogens (primary N) is 1. The van der Waals surface area contributed by atoms with Gasteiger partial charge in [0.15, 0.2) is 0 Å². The summed E-state index contributed by atoms with van der Waals surface area (Å²) in [6.07, 6.45) is 1.23. The van der Waals surface area contributed by atoms with Crippen LogP contribution in [0.2, 0.25) is 0 Å². The standard InChI is InChI=1S/C15H25N3/c1-11(2)15(13-6-4-5-7-14(13)16)17-12-8-9-18(3)10-12/h4-7,11-12,15,17H,8-10,16H2,1-3H3. The third-order valence-corrected chi connectivity index (χ3v) is 3.80. The number of anilines is 1. The third kappa shape index (κ3) is 3.03. The van der Waals surface area contributed by atoms with Crippen molar-refractivity contribution in [2.45, 2.75) is 32.4 Å². The first kappa shape index (κ1) is 13.4. The molecule has 1 heterocycles. The van der Waals surface area contributed by atoms with Gasteiger partial charge in [-0.2, -0.15) is 0 Å². The Morgan fingerprint density at radius 2 is 2.06 bits per heavy atom. The van der Waals surface area contributed by atoms with Crippen molar-refractivity contribution in [3.05, 3.63) is 29.8 Å². The molecule has 3 heteroatoms. The SMILES string of the molecule is CC(C)C(NC1CCN(C)C1)c1ccccc1N. The molecule has 3 nitrogen and oxygen atoms in total. The molecular formula is C15H25N3. The zero-order valence-corrected chi connectivity index (χ0v) is 11.7. The predicted octanol–water partition coefficient (Wildman–Crippen LogP) is 2.26. The lowest BCUT2D eigenvalue weighted by atomic mass is 9.94. The molecule has 100 valence electrons. The lowest BCUT2D eigenvalue weighted by Gasteiger charge is -2.27. The van der Waals surface area contributed by atoms with Gasteiger partial charge in [0.05, 0.1) is 0 Å². The highest BCUT2D eigenvalue weighted by atomic mass is 15.2. The Bertz CT molecular complexity index is 389. The van der Waals surface area contributed by atoms with Gasteiger partial charge >= 0.3 is 0 Å². The molecule has 1 saturated heterocycles. The van der Waals surface area contributed by atoms with Crippen molar-refractivity contribution in [1.82, 2.24) is 10.2 Å². The fraction of sp³-hybridized carbons (Fsp3) is 0.600. The van der Waals surface area contributed by atoms with Crippen LogP contribution >= 0.6 is 0 Å². The van der Waals surface area contributed by atoms with Crippen LogP contribution in [0.15, 0.2) is 24.3 Å². The van der Waals surface area contributed by atoms with E-state index in [1.165, 1.54) is 18.5 Å². The van der Waals surface area contributed by atoms with E-state index in [1.807, 2.05) is 12.1 Å². The van der Waals surface area contributed by atoms with Crippen LogP contribution in [-0.4, -0.2) is 31.1 Å². The first-order valence-corrected chi connectivity index (χ1v) is 6.87. The van der Waals surface area contributed by atoms with Gasteiger partial charge in [-0.3, -0.25) is 0 Å². The van der Waals surface area contributed by atoms with E-state index in [2.05, 4.69) is 43.2 Å². The molecule has 1 aliphatic rings. The Kier molecular flexibility index (Phi) is 4.25. The van der Waals surface area contributed by atoms with Gasteiger partial charge in [0.1, 0.15) is 0 Å². The number of nitrogen functional groups attached to an aromatic ring is 1. The quantitative estimate of drug-likeness (QED) is 0.802. The van der Waals surface area contributed by atoms with E-state index in [1.54, 1.807) is 0 Å². The van der Waals surface area contributed by atoms with Crippen LogP contribution in [0.4, 0.5) is 5.69 Å². The minimum atomic E-state index is 0.350. The summed E-state index contributed by atoms with van der Waals surface area (Å²) in [7, 11) is 2.18.